The summed E-state index contributed by atoms with van der Waals surface area (Å²) < 4.78 is -0.480. The number of halogens is 1. The van der Waals surface area contributed by atoms with Crippen molar-refractivity contribution in [3.63, 3.8) is 0 Å². The lowest BCUT2D eigenvalue weighted by Crippen LogP contribution is -2.55. The maximum absolute atomic E-state index is 16.8. The summed E-state index contributed by atoms with van der Waals surface area (Å²) in [7, 11) is 0. The molecule has 10 aliphatic rings. The first-order chi connectivity index (χ1) is 22.2. The molecule has 0 aliphatic heterocycles. The van der Waals surface area contributed by atoms with Crippen molar-refractivity contribution < 1.29 is 4.79 Å². The minimum atomic E-state index is -0.881. The Morgan fingerprint density at radius 1 is 0.422 bits per heavy atom. The molecular weight excluding hydrogens is 612 g/mol. The normalized spacial score (nSPS) is 30.4. The van der Waals surface area contributed by atoms with Crippen LogP contribution in [0.25, 0.3) is 0 Å². The second-order valence-electron chi connectivity index (χ2n) is 13.8. The van der Waals surface area contributed by atoms with E-state index in [1.54, 1.807) is 0 Å². The van der Waals surface area contributed by atoms with Gasteiger partial charge in [0.15, 0.2) is 5.78 Å². The Morgan fingerprint density at radius 2 is 0.867 bits per heavy atom. The van der Waals surface area contributed by atoms with Crippen LogP contribution in [0, 0.1) is 0 Å². The third kappa shape index (κ3) is 2.13. The molecule has 6 aromatic carbocycles. The van der Waals surface area contributed by atoms with E-state index < -0.39 is 15.2 Å². The number of carbonyl (C=O) groups is 1. The Labute approximate surface area is 269 Å². The molecule has 210 valence electrons. The predicted octanol–water partition coefficient (Wildman–Crippen LogP) is 8.94. The lowest BCUT2D eigenvalue weighted by Gasteiger charge is -2.57. The highest BCUT2D eigenvalue weighted by atomic mass is 79.9. The number of hydrogen-bond acceptors (Lipinski definition) is 1. The number of ketones is 1. The van der Waals surface area contributed by atoms with Crippen molar-refractivity contribution in [1.82, 2.24) is 0 Å². The highest BCUT2D eigenvalue weighted by Gasteiger charge is 2.75. The molecule has 2 unspecified atom stereocenters. The van der Waals surface area contributed by atoms with E-state index in [1.165, 1.54) is 77.9 Å². The number of benzene rings is 6. The first-order valence-electron chi connectivity index (χ1n) is 16.0. The fourth-order valence-electron chi connectivity index (χ4n) is 11.5. The van der Waals surface area contributed by atoms with Crippen molar-refractivity contribution in [3.05, 3.63) is 211 Å². The highest BCUT2D eigenvalue weighted by Crippen LogP contribution is 2.77. The van der Waals surface area contributed by atoms with Gasteiger partial charge in [-0.25, -0.2) is 0 Å². The molecule has 2 atom stereocenters. The molecule has 0 N–H and O–H groups in total. The molecule has 0 saturated heterocycles. The molecule has 6 aromatic rings. The highest BCUT2D eigenvalue weighted by molar-refractivity contribution is 9.09. The molecule has 10 aliphatic carbocycles. The van der Waals surface area contributed by atoms with E-state index in [2.05, 4.69) is 149 Å². The zero-order chi connectivity index (χ0) is 29.4. The van der Waals surface area contributed by atoms with Crippen LogP contribution in [0.15, 0.2) is 133 Å². The average Bonchev–Trinajstić information content (AvgIpc) is 3.34. The van der Waals surface area contributed by atoms with Crippen LogP contribution < -0.4 is 0 Å². The van der Waals surface area contributed by atoms with Crippen LogP contribution >= 0.6 is 15.9 Å². The molecule has 0 amide bonds. The van der Waals surface area contributed by atoms with Crippen LogP contribution in [-0.2, 0) is 19.9 Å². The zero-order valence-electron chi connectivity index (χ0n) is 24.2. The van der Waals surface area contributed by atoms with Crippen LogP contribution in [0.2, 0.25) is 0 Å². The summed E-state index contributed by atoms with van der Waals surface area (Å²) in [6, 6.07) is 49.4. The van der Waals surface area contributed by atoms with E-state index >= 15 is 4.79 Å². The Hall–Kier alpha value is -4.53. The molecule has 0 heterocycles. The van der Waals surface area contributed by atoms with Gasteiger partial charge in [0.25, 0.3) is 0 Å². The van der Waals surface area contributed by atoms with Crippen LogP contribution in [0.4, 0.5) is 0 Å². The smallest absolute Gasteiger partial charge is 0.168 e. The Morgan fingerprint density at radius 3 is 1.44 bits per heavy atom. The van der Waals surface area contributed by atoms with E-state index in [0.717, 1.165) is 0 Å². The van der Waals surface area contributed by atoms with Gasteiger partial charge < -0.3 is 0 Å². The Balaban J connectivity index is 1.38. The first-order valence-corrected chi connectivity index (χ1v) is 16.8. The van der Waals surface area contributed by atoms with Crippen molar-refractivity contribution in [3.8, 4) is 0 Å². The van der Waals surface area contributed by atoms with Crippen LogP contribution in [0.5, 0.6) is 0 Å². The fraction of sp³-hybridized carbons (Fsp3) is 0.140. The molecule has 1 nitrogen and oxygen atoms in total. The standard InChI is InChI=1S/C43H25BrO/c44-43-33-19-9-4-14-26(33)36(27-15-5-10-20-34(27)43)42-32-18-8-3-13-25(32)37(43)29-22-21-28-35-23-11-1-6-16-30(23)41(40(42)45,38(28)39(29)42)31-17-7-2-12-24(31)35/h1-22,35-37H. The maximum atomic E-state index is 16.8. The molecule has 0 radical (unpaired) electrons. The summed E-state index contributed by atoms with van der Waals surface area (Å²) in [4.78, 5) is 16.8. The average molecular weight is 638 g/mol. The summed E-state index contributed by atoms with van der Waals surface area (Å²) in [6.07, 6.45) is 0. The first kappa shape index (κ1) is 23.8. The monoisotopic (exact) mass is 636 g/mol. The Bertz CT molecular complexity index is 2320. The van der Waals surface area contributed by atoms with E-state index in [9.17, 15) is 0 Å². The third-order valence-corrected chi connectivity index (χ3v) is 13.9. The molecule has 16 rings (SSSR count). The summed E-state index contributed by atoms with van der Waals surface area (Å²) in [6.45, 7) is 0. The lowest BCUT2D eigenvalue weighted by atomic mass is 9.46. The van der Waals surface area contributed by atoms with Gasteiger partial charge in [0.1, 0.15) is 5.41 Å². The predicted molar refractivity (Wildman–Crippen MR) is 179 cm³/mol. The second kappa shape index (κ2) is 7.30. The number of rotatable bonds is 0. The van der Waals surface area contributed by atoms with Gasteiger partial charge in [-0.1, -0.05) is 149 Å². The van der Waals surface area contributed by atoms with Gasteiger partial charge in [-0.3, -0.25) is 4.79 Å². The van der Waals surface area contributed by atoms with Crippen molar-refractivity contribution in [2.75, 3.05) is 0 Å². The number of carbonyl (C=O) groups excluding carboxylic acids is 1. The van der Waals surface area contributed by atoms with Gasteiger partial charge >= 0.3 is 0 Å². The zero-order valence-corrected chi connectivity index (χ0v) is 25.8. The number of hydrogen-bond donors (Lipinski definition) is 0. The summed E-state index contributed by atoms with van der Waals surface area (Å²) in [5.41, 5.74) is 16.0. The van der Waals surface area contributed by atoms with Crippen LogP contribution in [0.3, 0.4) is 0 Å². The van der Waals surface area contributed by atoms with Gasteiger partial charge in [-0.05, 0) is 77.9 Å². The second-order valence-corrected chi connectivity index (χ2v) is 15.1. The maximum Gasteiger partial charge on any atom is 0.168 e. The number of alkyl halides is 1. The molecular formula is C43H25BrO. The Kier molecular flexibility index (Phi) is 3.86. The van der Waals surface area contributed by atoms with Crippen LogP contribution in [0.1, 0.15) is 95.6 Å². The van der Waals surface area contributed by atoms with Crippen molar-refractivity contribution >= 4 is 21.7 Å². The molecule has 2 spiro atoms. The summed E-state index contributed by atoms with van der Waals surface area (Å²) in [5.74, 6) is 0.284. The topological polar surface area (TPSA) is 17.1 Å². The minimum Gasteiger partial charge on any atom is -0.296 e. The van der Waals surface area contributed by atoms with E-state index in [4.69, 9.17) is 0 Å². The molecule has 6 bridgehead atoms. The number of Topliss-reactive ketones (excluding diaryl/α,β-unsaturated/α-hetero) is 1. The molecule has 2 heteroatoms. The minimum absolute atomic E-state index is 0.000402. The van der Waals surface area contributed by atoms with Crippen molar-refractivity contribution in [2.24, 2.45) is 0 Å². The largest absolute Gasteiger partial charge is 0.296 e. The lowest BCUT2D eigenvalue weighted by molar-refractivity contribution is -0.125. The van der Waals surface area contributed by atoms with Gasteiger partial charge in [0, 0.05) is 17.8 Å². The van der Waals surface area contributed by atoms with Crippen molar-refractivity contribution in [2.45, 2.75) is 32.9 Å². The third-order valence-electron chi connectivity index (χ3n) is 12.6. The summed E-state index contributed by atoms with van der Waals surface area (Å²) in [5, 5.41) is 0. The SMILES string of the molecule is O=C1C23c4ccccc4C(c4ccccc42)c2ccc4c(c23)C12c1ccccc1C4C1(Br)c3ccccc3C2c2ccccc21. The van der Waals surface area contributed by atoms with Crippen LogP contribution in [-0.4, -0.2) is 5.78 Å². The van der Waals surface area contributed by atoms with Gasteiger partial charge in [-0.2, -0.15) is 0 Å². The van der Waals surface area contributed by atoms with Gasteiger partial charge in [0.2, 0.25) is 0 Å². The van der Waals surface area contributed by atoms with E-state index in [-0.39, 0.29) is 17.8 Å². The fourth-order valence-corrected chi connectivity index (χ4v) is 12.7. The van der Waals surface area contributed by atoms with E-state index in [1.807, 2.05) is 0 Å². The summed E-state index contributed by atoms with van der Waals surface area (Å²) >= 11 is 4.55. The van der Waals surface area contributed by atoms with E-state index in [0.29, 0.717) is 5.78 Å². The molecule has 45 heavy (non-hydrogen) atoms. The van der Waals surface area contributed by atoms with Gasteiger partial charge in [0.05, 0.1) is 9.74 Å². The quantitative estimate of drug-likeness (QED) is 0.152. The molecule has 0 saturated carbocycles. The molecule has 0 aromatic heterocycles. The van der Waals surface area contributed by atoms with Crippen molar-refractivity contribution in [1.29, 1.82) is 0 Å². The van der Waals surface area contributed by atoms with Gasteiger partial charge in [-0.15, -0.1) is 0 Å². The molecule has 0 fully saturated rings.